The summed E-state index contributed by atoms with van der Waals surface area (Å²) in [5, 5.41) is 10.5. The highest BCUT2D eigenvalue weighted by Gasteiger charge is 2.28. The highest BCUT2D eigenvalue weighted by molar-refractivity contribution is 5.98. The molecular weight excluding hydrogens is 400 g/mol. The Balaban J connectivity index is 1.99. The fourth-order valence-corrected chi connectivity index (χ4v) is 5.10. The predicted octanol–water partition coefficient (Wildman–Crippen LogP) is 5.86. The summed E-state index contributed by atoms with van der Waals surface area (Å²) in [5.41, 5.74) is 5.65. The lowest BCUT2D eigenvalue weighted by molar-refractivity contribution is -0.104. The molecule has 32 heavy (non-hydrogen) atoms. The molecule has 1 aromatic heterocycles. The number of aldehydes is 1. The second-order valence-electron chi connectivity index (χ2n) is 8.49. The summed E-state index contributed by atoms with van der Waals surface area (Å²) >= 11 is 0. The third kappa shape index (κ3) is 4.18. The van der Waals surface area contributed by atoms with Crippen LogP contribution in [0.3, 0.4) is 0 Å². The van der Waals surface area contributed by atoms with Crippen LogP contribution in [0.1, 0.15) is 72.5 Å². The van der Waals surface area contributed by atoms with Crippen molar-refractivity contribution < 1.29 is 14.3 Å². The third-order valence-corrected chi connectivity index (χ3v) is 6.55. The van der Waals surface area contributed by atoms with Crippen LogP contribution in [0.5, 0.6) is 0 Å². The molecule has 1 heterocycles. The number of ether oxygens (including phenoxy) is 1. The molecule has 1 saturated carbocycles. The zero-order valence-corrected chi connectivity index (χ0v) is 18.5. The van der Waals surface area contributed by atoms with Crippen LogP contribution in [-0.2, 0) is 16.1 Å². The Labute approximate surface area is 188 Å². The zero-order valence-electron chi connectivity index (χ0n) is 18.5. The maximum absolute atomic E-state index is 12.3. The summed E-state index contributed by atoms with van der Waals surface area (Å²) in [6.45, 7) is 0.529. The molecule has 5 nitrogen and oxygen atoms in total. The topological polar surface area (TPSA) is 72.1 Å². The molecule has 0 amide bonds. The molecule has 5 heteroatoms. The molecule has 1 aromatic carbocycles. The molecule has 0 bridgehead atoms. The number of hydrogen-bond acceptors (Lipinski definition) is 4. The van der Waals surface area contributed by atoms with Gasteiger partial charge in [-0.2, -0.15) is 5.26 Å². The third-order valence-electron chi connectivity index (χ3n) is 6.55. The molecule has 0 atom stereocenters. The number of esters is 1. The SMILES string of the molecule is COC(=O)c1ccc2c(C3CCCCC3)c(C3=CC=CC=C(C=O)C3)n(CCC#N)c2c1. The van der Waals surface area contributed by atoms with Crippen LogP contribution in [0.4, 0.5) is 0 Å². The molecule has 4 rings (SSSR count). The van der Waals surface area contributed by atoms with Crippen LogP contribution < -0.4 is 0 Å². The van der Waals surface area contributed by atoms with E-state index in [1.54, 1.807) is 0 Å². The van der Waals surface area contributed by atoms with E-state index in [0.29, 0.717) is 30.9 Å². The van der Waals surface area contributed by atoms with Crippen LogP contribution >= 0.6 is 0 Å². The molecule has 0 aliphatic heterocycles. The number of carbonyl (C=O) groups excluding carboxylic acids is 2. The van der Waals surface area contributed by atoms with Gasteiger partial charge in [-0.05, 0) is 47.6 Å². The van der Waals surface area contributed by atoms with E-state index in [9.17, 15) is 14.9 Å². The van der Waals surface area contributed by atoms with E-state index < -0.39 is 0 Å². The van der Waals surface area contributed by atoms with Crippen molar-refractivity contribution in [3.05, 3.63) is 64.9 Å². The minimum Gasteiger partial charge on any atom is -0.465 e. The van der Waals surface area contributed by atoms with Crippen molar-refractivity contribution in [1.82, 2.24) is 4.57 Å². The Kier molecular flexibility index (Phi) is 6.70. The van der Waals surface area contributed by atoms with Crippen LogP contribution in [0.2, 0.25) is 0 Å². The summed E-state index contributed by atoms with van der Waals surface area (Å²) < 4.78 is 7.14. The van der Waals surface area contributed by atoms with E-state index in [2.05, 4.69) is 16.7 Å². The van der Waals surface area contributed by atoms with E-state index in [-0.39, 0.29) is 5.97 Å². The fourth-order valence-electron chi connectivity index (χ4n) is 5.10. The first-order chi connectivity index (χ1) is 15.7. The number of methoxy groups -OCH3 is 1. The fraction of sp³-hybridized carbons (Fsp3) is 0.370. The first-order valence-corrected chi connectivity index (χ1v) is 11.3. The lowest BCUT2D eigenvalue weighted by atomic mass is 9.81. The smallest absolute Gasteiger partial charge is 0.337 e. The lowest BCUT2D eigenvalue weighted by Gasteiger charge is -2.24. The Bertz CT molecular complexity index is 1170. The van der Waals surface area contributed by atoms with Crippen molar-refractivity contribution in [2.45, 2.75) is 57.4 Å². The molecule has 1 fully saturated rings. The molecule has 0 N–H and O–H groups in total. The number of benzene rings is 1. The van der Waals surface area contributed by atoms with Crippen molar-refractivity contribution in [2.24, 2.45) is 0 Å². The molecule has 2 aliphatic carbocycles. The Morgan fingerprint density at radius 3 is 2.72 bits per heavy atom. The number of rotatable bonds is 6. The summed E-state index contributed by atoms with van der Waals surface area (Å²) in [6, 6.07) is 8.01. The number of carbonyl (C=O) groups is 2. The number of fused-ring (bicyclic) bond motifs is 1. The van der Waals surface area contributed by atoms with Crippen LogP contribution in [-0.4, -0.2) is 23.9 Å². The summed E-state index contributed by atoms with van der Waals surface area (Å²) in [7, 11) is 1.39. The van der Waals surface area contributed by atoms with Gasteiger partial charge < -0.3 is 9.30 Å². The molecular formula is C27H28N2O3. The summed E-state index contributed by atoms with van der Waals surface area (Å²) in [4.78, 5) is 23.9. The van der Waals surface area contributed by atoms with Gasteiger partial charge in [0.15, 0.2) is 0 Å². The van der Waals surface area contributed by atoms with Gasteiger partial charge in [-0.15, -0.1) is 0 Å². The normalized spacial score (nSPS) is 16.8. The van der Waals surface area contributed by atoms with E-state index in [1.807, 2.05) is 36.4 Å². The zero-order chi connectivity index (χ0) is 22.5. The molecule has 0 unspecified atom stereocenters. The maximum Gasteiger partial charge on any atom is 0.337 e. The summed E-state index contributed by atoms with van der Waals surface area (Å²) in [5.74, 6) is 0.0499. The Morgan fingerprint density at radius 1 is 1.22 bits per heavy atom. The predicted molar refractivity (Wildman–Crippen MR) is 125 cm³/mol. The molecule has 0 spiro atoms. The second-order valence-corrected chi connectivity index (χ2v) is 8.49. The van der Waals surface area contributed by atoms with E-state index in [1.165, 1.54) is 31.9 Å². The van der Waals surface area contributed by atoms with Crippen molar-refractivity contribution >= 4 is 28.7 Å². The lowest BCUT2D eigenvalue weighted by Crippen LogP contribution is -2.10. The van der Waals surface area contributed by atoms with Gasteiger partial charge in [0, 0.05) is 29.6 Å². The number of nitrogens with zero attached hydrogens (tertiary/aromatic N) is 2. The summed E-state index contributed by atoms with van der Waals surface area (Å²) in [6.07, 6.45) is 15.6. The van der Waals surface area contributed by atoms with E-state index >= 15 is 0 Å². The number of hydrogen-bond donors (Lipinski definition) is 0. The first kappa shape index (κ1) is 21.8. The van der Waals surface area contributed by atoms with Crippen LogP contribution in [0, 0.1) is 11.3 Å². The Hall–Kier alpha value is -3.39. The molecule has 2 aromatic rings. The Morgan fingerprint density at radius 2 is 2.00 bits per heavy atom. The average molecular weight is 429 g/mol. The van der Waals surface area contributed by atoms with Crippen molar-refractivity contribution in [3.8, 4) is 6.07 Å². The minimum atomic E-state index is -0.372. The molecule has 0 radical (unpaired) electrons. The van der Waals surface area contributed by atoms with E-state index in [0.717, 1.165) is 46.9 Å². The highest BCUT2D eigenvalue weighted by atomic mass is 16.5. The monoisotopic (exact) mass is 428 g/mol. The van der Waals surface area contributed by atoms with Crippen molar-refractivity contribution in [3.63, 3.8) is 0 Å². The average Bonchev–Trinajstić information content (AvgIpc) is 2.97. The van der Waals surface area contributed by atoms with Crippen molar-refractivity contribution in [2.75, 3.05) is 7.11 Å². The van der Waals surface area contributed by atoms with Gasteiger partial charge in [0.25, 0.3) is 0 Å². The van der Waals surface area contributed by atoms with Gasteiger partial charge in [-0.1, -0.05) is 49.6 Å². The standard InChI is InChI=1S/C27H28N2O3/c1-32-27(31)22-12-13-23-24(17-22)29(15-7-14-28)26(25(23)20-9-3-2-4-10-20)21-11-6-5-8-19(16-21)18-30/h5-6,8,11-13,17-18,20H,2-4,7,9-10,15-16H2,1H3. The van der Waals surface area contributed by atoms with Crippen LogP contribution in [0.25, 0.3) is 16.5 Å². The molecule has 164 valence electrons. The first-order valence-electron chi connectivity index (χ1n) is 11.3. The number of allylic oxidation sites excluding steroid dienone is 6. The maximum atomic E-state index is 12.3. The molecule has 2 aliphatic rings. The van der Waals surface area contributed by atoms with E-state index in [4.69, 9.17) is 4.74 Å². The van der Waals surface area contributed by atoms with Gasteiger partial charge in [0.05, 0.1) is 25.2 Å². The van der Waals surface area contributed by atoms with Gasteiger partial charge in [-0.3, -0.25) is 4.79 Å². The quantitative estimate of drug-likeness (QED) is 0.427. The van der Waals surface area contributed by atoms with Crippen molar-refractivity contribution in [1.29, 1.82) is 5.26 Å². The number of aryl methyl sites for hydroxylation is 1. The number of nitriles is 1. The number of aromatic nitrogens is 1. The highest BCUT2D eigenvalue weighted by Crippen LogP contribution is 2.44. The van der Waals surface area contributed by atoms with Crippen LogP contribution in [0.15, 0.2) is 48.1 Å². The van der Waals surface area contributed by atoms with Gasteiger partial charge in [-0.25, -0.2) is 4.79 Å². The van der Waals surface area contributed by atoms with Gasteiger partial charge in [0.1, 0.15) is 6.29 Å². The second kappa shape index (κ2) is 9.82. The largest absolute Gasteiger partial charge is 0.465 e. The minimum absolute atomic E-state index is 0.364. The van der Waals surface area contributed by atoms with Gasteiger partial charge in [0.2, 0.25) is 0 Å². The van der Waals surface area contributed by atoms with Gasteiger partial charge >= 0.3 is 5.97 Å². The molecule has 0 saturated heterocycles.